The van der Waals surface area contributed by atoms with Gasteiger partial charge in [-0.1, -0.05) is 47.6 Å². The minimum Gasteiger partial charge on any atom is -0.352 e. The van der Waals surface area contributed by atoms with Crippen LogP contribution in [-0.4, -0.2) is 24.4 Å². The van der Waals surface area contributed by atoms with Gasteiger partial charge >= 0.3 is 0 Å². The summed E-state index contributed by atoms with van der Waals surface area (Å²) in [6, 6.07) is 7.78. The number of fused-ring (bicyclic) bond motifs is 4. The van der Waals surface area contributed by atoms with Gasteiger partial charge in [0.1, 0.15) is 12.6 Å². The molecule has 4 bridgehead atoms. The number of carbonyl (C=O) groups is 4. The average molecular weight is 461 g/mol. The molecule has 0 radical (unpaired) electrons. The number of benzene rings is 1. The molecular formula is C28H32N2O4. The van der Waals surface area contributed by atoms with Gasteiger partial charge in [-0.25, -0.2) is 0 Å². The fraction of sp³-hybridized carbons (Fsp3) is 0.500. The van der Waals surface area contributed by atoms with E-state index in [1.807, 2.05) is 31.2 Å². The number of allylic oxidation sites excluding steroid dienone is 4. The summed E-state index contributed by atoms with van der Waals surface area (Å²) >= 11 is 0. The summed E-state index contributed by atoms with van der Waals surface area (Å²) in [7, 11) is 0. The van der Waals surface area contributed by atoms with Crippen LogP contribution in [0.5, 0.6) is 0 Å². The molecule has 6 heteroatoms. The van der Waals surface area contributed by atoms with Crippen LogP contribution in [0.4, 0.5) is 0 Å². The van der Waals surface area contributed by atoms with E-state index >= 15 is 0 Å². The Morgan fingerprint density at radius 2 is 1.38 bits per heavy atom. The molecule has 0 heterocycles. The van der Waals surface area contributed by atoms with E-state index in [1.54, 1.807) is 0 Å². The molecule has 34 heavy (non-hydrogen) atoms. The molecule has 0 aromatic heterocycles. The maximum absolute atomic E-state index is 12.9. The summed E-state index contributed by atoms with van der Waals surface area (Å²) in [4.78, 5) is 49.0. The van der Waals surface area contributed by atoms with Crippen molar-refractivity contribution in [1.82, 2.24) is 10.6 Å². The van der Waals surface area contributed by atoms with Gasteiger partial charge in [0.15, 0.2) is 0 Å². The first-order chi connectivity index (χ1) is 16.4. The first-order valence-electron chi connectivity index (χ1n) is 12.3. The van der Waals surface area contributed by atoms with Gasteiger partial charge in [-0.2, -0.15) is 0 Å². The molecule has 2 saturated carbocycles. The number of amides is 2. The molecule has 0 spiro atoms. The van der Waals surface area contributed by atoms with Crippen LogP contribution in [0.3, 0.4) is 0 Å². The molecule has 2 fully saturated rings. The van der Waals surface area contributed by atoms with Crippen LogP contribution in [0.15, 0.2) is 47.6 Å². The van der Waals surface area contributed by atoms with Gasteiger partial charge in [0.2, 0.25) is 11.8 Å². The maximum atomic E-state index is 12.9. The van der Waals surface area contributed by atoms with E-state index in [0.717, 1.165) is 36.5 Å². The van der Waals surface area contributed by atoms with E-state index in [2.05, 4.69) is 29.7 Å². The smallest absolute Gasteiger partial charge is 0.224 e. The van der Waals surface area contributed by atoms with Crippen LogP contribution >= 0.6 is 0 Å². The lowest BCUT2D eigenvalue weighted by atomic mass is 9.80. The maximum Gasteiger partial charge on any atom is 0.224 e. The topological polar surface area (TPSA) is 92.3 Å². The largest absolute Gasteiger partial charge is 0.352 e. The molecule has 4 aliphatic carbocycles. The van der Waals surface area contributed by atoms with Crippen LogP contribution in [-0.2, 0) is 32.3 Å². The number of rotatable bonds is 8. The molecule has 8 unspecified atom stereocenters. The molecule has 0 aliphatic heterocycles. The standard InChI is InChI=1S/C28H32N2O4/c1-15-7-20-10-21(15)24(14-32)25(20)27(33)29-11-17-4-3-5-18(8-17)12-30-28(34)26-22-9-19(6-16(22)2)23(26)13-31/h3-8,13-14,19-26H,9-12H2,1-2H3,(H,29,33)(H,30,34). The van der Waals surface area contributed by atoms with Gasteiger partial charge in [-0.3, -0.25) is 9.59 Å². The van der Waals surface area contributed by atoms with Crippen LogP contribution in [0.1, 0.15) is 37.8 Å². The predicted octanol–water partition coefficient (Wildman–Crippen LogP) is 2.97. The Morgan fingerprint density at radius 3 is 2.03 bits per heavy atom. The highest BCUT2D eigenvalue weighted by atomic mass is 16.2. The number of aldehydes is 2. The van der Waals surface area contributed by atoms with Gasteiger partial charge in [-0.05, 0) is 61.5 Å². The molecule has 1 aromatic rings. The summed E-state index contributed by atoms with van der Waals surface area (Å²) in [5, 5.41) is 6.04. The Labute approximate surface area is 200 Å². The van der Waals surface area contributed by atoms with E-state index in [1.165, 1.54) is 11.1 Å². The Kier molecular flexibility index (Phi) is 6.00. The van der Waals surface area contributed by atoms with Crippen molar-refractivity contribution in [3.63, 3.8) is 0 Å². The van der Waals surface area contributed by atoms with E-state index in [4.69, 9.17) is 0 Å². The summed E-state index contributed by atoms with van der Waals surface area (Å²) < 4.78 is 0. The molecule has 5 rings (SSSR count). The molecule has 1 aromatic carbocycles. The van der Waals surface area contributed by atoms with Gasteiger partial charge < -0.3 is 20.2 Å². The Balaban J connectivity index is 1.17. The summed E-state index contributed by atoms with van der Waals surface area (Å²) in [6.45, 7) is 4.86. The van der Waals surface area contributed by atoms with Crippen LogP contribution in [0.25, 0.3) is 0 Å². The third-order valence-corrected chi connectivity index (χ3v) is 8.70. The second-order valence-corrected chi connectivity index (χ2v) is 10.6. The van der Waals surface area contributed by atoms with E-state index < -0.39 is 0 Å². The minimum absolute atomic E-state index is 0.0599. The van der Waals surface area contributed by atoms with Crippen molar-refractivity contribution in [2.75, 3.05) is 0 Å². The molecule has 2 N–H and O–H groups in total. The highest BCUT2D eigenvalue weighted by molar-refractivity contribution is 5.85. The monoisotopic (exact) mass is 460 g/mol. The summed E-state index contributed by atoms with van der Waals surface area (Å²) in [6.07, 6.45) is 8.00. The summed E-state index contributed by atoms with van der Waals surface area (Å²) in [5.74, 6) is -0.411. The second kappa shape index (κ2) is 8.97. The van der Waals surface area contributed by atoms with Crippen LogP contribution in [0.2, 0.25) is 0 Å². The van der Waals surface area contributed by atoms with Crippen molar-refractivity contribution in [2.45, 2.75) is 39.8 Å². The van der Waals surface area contributed by atoms with Crippen LogP contribution < -0.4 is 10.6 Å². The lowest BCUT2D eigenvalue weighted by Crippen LogP contribution is -2.38. The highest BCUT2D eigenvalue weighted by Crippen LogP contribution is 2.51. The minimum atomic E-state index is -0.279. The predicted molar refractivity (Wildman–Crippen MR) is 127 cm³/mol. The van der Waals surface area contributed by atoms with E-state index in [-0.39, 0.29) is 59.2 Å². The Bertz CT molecular complexity index is 1090. The fourth-order valence-electron chi connectivity index (χ4n) is 7.05. The number of hydrogen-bond acceptors (Lipinski definition) is 4. The molecule has 8 atom stereocenters. The Morgan fingerprint density at radius 1 is 0.824 bits per heavy atom. The molecule has 0 saturated heterocycles. The van der Waals surface area contributed by atoms with Gasteiger partial charge in [0.25, 0.3) is 0 Å². The van der Waals surface area contributed by atoms with Crippen molar-refractivity contribution >= 4 is 24.4 Å². The lowest BCUT2D eigenvalue weighted by molar-refractivity contribution is -0.130. The van der Waals surface area contributed by atoms with Crippen molar-refractivity contribution in [1.29, 1.82) is 0 Å². The van der Waals surface area contributed by atoms with E-state index in [0.29, 0.717) is 13.1 Å². The third-order valence-electron chi connectivity index (χ3n) is 8.70. The molecule has 6 nitrogen and oxygen atoms in total. The van der Waals surface area contributed by atoms with Crippen molar-refractivity contribution in [3.8, 4) is 0 Å². The fourth-order valence-corrected chi connectivity index (χ4v) is 7.05. The van der Waals surface area contributed by atoms with E-state index in [9.17, 15) is 19.2 Å². The molecular weight excluding hydrogens is 428 g/mol. The first kappa shape index (κ1) is 22.8. The second-order valence-electron chi connectivity index (χ2n) is 10.6. The van der Waals surface area contributed by atoms with Crippen molar-refractivity contribution in [3.05, 3.63) is 58.7 Å². The normalized spacial score (nSPS) is 35.0. The number of hydrogen-bond donors (Lipinski definition) is 2. The van der Waals surface area contributed by atoms with Gasteiger partial charge in [0.05, 0.1) is 11.8 Å². The number of carbonyl (C=O) groups excluding carboxylic acids is 4. The average Bonchev–Trinajstić information content (AvgIpc) is 3.58. The quantitative estimate of drug-likeness (QED) is 0.461. The lowest BCUT2D eigenvalue weighted by Gasteiger charge is -2.26. The third kappa shape index (κ3) is 3.83. The van der Waals surface area contributed by atoms with Crippen molar-refractivity contribution in [2.24, 2.45) is 47.3 Å². The zero-order valence-electron chi connectivity index (χ0n) is 19.7. The SMILES string of the molecule is CC1=CC2CC1C(C=O)C2C(=O)NCc1cccc(CNC(=O)C2C3CC(C=C3C)C2C=O)c1. The highest BCUT2D eigenvalue weighted by Gasteiger charge is 2.51. The zero-order valence-corrected chi connectivity index (χ0v) is 19.7. The molecule has 178 valence electrons. The van der Waals surface area contributed by atoms with Gasteiger partial charge in [-0.15, -0.1) is 0 Å². The number of nitrogens with one attached hydrogen (secondary N) is 2. The molecule has 2 amide bonds. The van der Waals surface area contributed by atoms with Crippen LogP contribution in [0, 0.1) is 47.3 Å². The van der Waals surface area contributed by atoms with Crippen molar-refractivity contribution < 1.29 is 19.2 Å². The zero-order chi connectivity index (χ0) is 24.0. The first-order valence-corrected chi connectivity index (χ1v) is 12.3. The molecule has 4 aliphatic rings. The summed E-state index contributed by atoms with van der Waals surface area (Å²) in [5.41, 5.74) is 4.35. The van der Waals surface area contributed by atoms with Gasteiger partial charge in [0, 0.05) is 24.9 Å². The Hall–Kier alpha value is -3.02.